The predicted molar refractivity (Wildman–Crippen MR) is 106 cm³/mol. The molecule has 0 radical (unpaired) electrons. The fourth-order valence-corrected chi connectivity index (χ4v) is 2.80. The molecule has 26 heavy (non-hydrogen) atoms. The number of nitrogens with zero attached hydrogens (tertiary/aromatic N) is 2. The summed E-state index contributed by atoms with van der Waals surface area (Å²) in [5, 5.41) is 3.34. The van der Waals surface area contributed by atoms with Gasteiger partial charge in [-0.2, -0.15) is 0 Å². The molecule has 0 aromatic carbocycles. The molecule has 2 heterocycles. The lowest BCUT2D eigenvalue weighted by atomic mass is 9.95. The number of nitrogens with two attached hydrogens (primary N) is 1. The topological polar surface area (TPSA) is 72.5 Å². The molecule has 5 heteroatoms. The van der Waals surface area contributed by atoms with Gasteiger partial charge in [0, 0.05) is 36.3 Å². The SMILES string of the molecule is C=C(CC)C1=NC=CC(N)/C1=C\NCc1cnc(OCC2CC2)c(C)c1. The highest BCUT2D eigenvalue weighted by Gasteiger charge is 2.22. The van der Waals surface area contributed by atoms with E-state index in [9.17, 15) is 0 Å². The minimum atomic E-state index is -0.170. The van der Waals surface area contributed by atoms with Crippen molar-refractivity contribution in [1.82, 2.24) is 10.3 Å². The van der Waals surface area contributed by atoms with Gasteiger partial charge >= 0.3 is 0 Å². The monoisotopic (exact) mass is 352 g/mol. The number of pyridine rings is 1. The van der Waals surface area contributed by atoms with Crippen molar-refractivity contribution in [3.63, 3.8) is 0 Å². The lowest BCUT2D eigenvalue weighted by Gasteiger charge is -2.19. The van der Waals surface area contributed by atoms with Crippen LogP contribution in [-0.4, -0.2) is 23.3 Å². The maximum absolute atomic E-state index is 6.20. The molecule has 5 nitrogen and oxygen atoms in total. The summed E-state index contributed by atoms with van der Waals surface area (Å²) in [5.41, 5.74) is 11.2. The first-order valence-corrected chi connectivity index (χ1v) is 9.28. The van der Waals surface area contributed by atoms with Crippen molar-refractivity contribution in [2.24, 2.45) is 16.6 Å². The lowest BCUT2D eigenvalue weighted by Crippen LogP contribution is -2.29. The summed E-state index contributed by atoms with van der Waals surface area (Å²) in [6, 6.07) is 1.94. The molecule has 0 saturated heterocycles. The number of aromatic nitrogens is 1. The molecule has 3 N–H and O–H groups in total. The molecular weight excluding hydrogens is 324 g/mol. The third-order valence-corrected chi connectivity index (χ3v) is 4.69. The standard InChI is InChI=1S/C21H28N4O/c1-4-14(2)20-18(19(22)7-8-24-20)12-23-10-17-9-15(3)21(25-11-17)26-13-16-5-6-16/h7-9,11-12,16,19,23H,2,4-6,10,13,22H2,1,3H3/b18-12+. The van der Waals surface area contributed by atoms with Crippen LogP contribution in [0.1, 0.15) is 37.3 Å². The van der Waals surface area contributed by atoms with Crippen LogP contribution in [0, 0.1) is 12.8 Å². The fraction of sp³-hybridized carbons (Fsp3) is 0.429. The molecule has 0 spiro atoms. The molecule has 0 amide bonds. The van der Waals surface area contributed by atoms with E-state index in [1.807, 2.05) is 25.4 Å². The van der Waals surface area contributed by atoms with E-state index in [0.29, 0.717) is 6.54 Å². The van der Waals surface area contributed by atoms with Gasteiger partial charge in [0.15, 0.2) is 0 Å². The van der Waals surface area contributed by atoms with E-state index in [2.05, 4.69) is 34.9 Å². The summed E-state index contributed by atoms with van der Waals surface area (Å²) < 4.78 is 5.79. The number of nitrogens with one attached hydrogen (secondary N) is 1. The third kappa shape index (κ3) is 4.61. The zero-order chi connectivity index (χ0) is 18.5. The molecule has 1 atom stereocenters. The van der Waals surface area contributed by atoms with Crippen LogP contribution >= 0.6 is 0 Å². The van der Waals surface area contributed by atoms with Gasteiger partial charge in [0.05, 0.1) is 18.4 Å². The van der Waals surface area contributed by atoms with E-state index in [4.69, 9.17) is 10.5 Å². The Morgan fingerprint density at radius 3 is 2.96 bits per heavy atom. The molecule has 1 aromatic rings. The maximum Gasteiger partial charge on any atom is 0.216 e. The summed E-state index contributed by atoms with van der Waals surface area (Å²) >= 11 is 0. The normalized spacial score (nSPS) is 20.8. The van der Waals surface area contributed by atoms with Crippen LogP contribution in [0.25, 0.3) is 0 Å². The van der Waals surface area contributed by atoms with Crippen molar-refractivity contribution in [2.45, 2.75) is 45.7 Å². The van der Waals surface area contributed by atoms with Gasteiger partial charge in [-0.25, -0.2) is 4.98 Å². The van der Waals surface area contributed by atoms with Gasteiger partial charge in [0.2, 0.25) is 5.88 Å². The van der Waals surface area contributed by atoms with Gasteiger partial charge in [-0.1, -0.05) is 13.5 Å². The smallest absolute Gasteiger partial charge is 0.216 e. The Labute approximate surface area is 155 Å². The zero-order valence-electron chi connectivity index (χ0n) is 15.7. The van der Waals surface area contributed by atoms with Gasteiger partial charge in [-0.3, -0.25) is 4.99 Å². The average Bonchev–Trinajstić information content (AvgIpc) is 3.46. The van der Waals surface area contributed by atoms with Crippen molar-refractivity contribution in [2.75, 3.05) is 6.61 Å². The number of hydrogen-bond acceptors (Lipinski definition) is 5. The second kappa shape index (κ2) is 8.32. The molecule has 138 valence electrons. The van der Waals surface area contributed by atoms with Crippen LogP contribution in [0.4, 0.5) is 0 Å². The summed E-state index contributed by atoms with van der Waals surface area (Å²) in [5.74, 6) is 1.47. The fourth-order valence-electron chi connectivity index (χ4n) is 2.80. The van der Waals surface area contributed by atoms with Gasteiger partial charge in [-0.05, 0) is 55.4 Å². The van der Waals surface area contributed by atoms with Crippen LogP contribution in [-0.2, 0) is 6.54 Å². The molecule has 1 aliphatic heterocycles. The Morgan fingerprint density at radius 1 is 1.46 bits per heavy atom. The molecule has 1 saturated carbocycles. The van der Waals surface area contributed by atoms with Crippen LogP contribution in [0.5, 0.6) is 5.88 Å². The van der Waals surface area contributed by atoms with Crippen LogP contribution in [0.15, 0.2) is 53.5 Å². The predicted octanol–water partition coefficient (Wildman–Crippen LogP) is 3.41. The highest BCUT2D eigenvalue weighted by atomic mass is 16.5. The van der Waals surface area contributed by atoms with Crippen LogP contribution in [0.2, 0.25) is 0 Å². The maximum atomic E-state index is 6.20. The van der Waals surface area contributed by atoms with Crippen molar-refractivity contribution in [3.8, 4) is 5.88 Å². The van der Waals surface area contributed by atoms with Crippen LogP contribution < -0.4 is 15.8 Å². The van der Waals surface area contributed by atoms with E-state index >= 15 is 0 Å². The molecule has 1 unspecified atom stereocenters. The molecule has 3 rings (SSSR count). The largest absolute Gasteiger partial charge is 0.477 e. The van der Waals surface area contributed by atoms with Gasteiger partial charge < -0.3 is 15.8 Å². The molecular formula is C21H28N4O. The Balaban J connectivity index is 1.61. The molecule has 1 fully saturated rings. The number of aliphatic imine (C=N–C) groups is 1. The average molecular weight is 352 g/mol. The van der Waals surface area contributed by atoms with E-state index < -0.39 is 0 Å². The van der Waals surface area contributed by atoms with E-state index in [1.165, 1.54) is 12.8 Å². The lowest BCUT2D eigenvalue weighted by molar-refractivity contribution is 0.286. The first-order valence-electron chi connectivity index (χ1n) is 9.28. The second-order valence-electron chi connectivity index (χ2n) is 7.00. The highest BCUT2D eigenvalue weighted by Crippen LogP contribution is 2.29. The molecule has 1 aromatic heterocycles. The van der Waals surface area contributed by atoms with Gasteiger partial charge in [0.25, 0.3) is 0 Å². The Morgan fingerprint density at radius 2 is 2.27 bits per heavy atom. The van der Waals surface area contributed by atoms with E-state index in [0.717, 1.165) is 52.8 Å². The number of allylic oxidation sites excluding steroid dienone is 1. The van der Waals surface area contributed by atoms with Crippen molar-refractivity contribution in [3.05, 3.63) is 59.6 Å². The molecule has 0 bridgehead atoms. The quantitative estimate of drug-likeness (QED) is 0.752. The van der Waals surface area contributed by atoms with Gasteiger partial charge in [0.1, 0.15) is 0 Å². The van der Waals surface area contributed by atoms with Crippen molar-refractivity contribution < 1.29 is 4.74 Å². The summed E-state index contributed by atoms with van der Waals surface area (Å²) in [7, 11) is 0. The number of rotatable bonds is 8. The van der Waals surface area contributed by atoms with Gasteiger partial charge in [-0.15, -0.1) is 0 Å². The summed E-state index contributed by atoms with van der Waals surface area (Å²) in [6.07, 6.45) is 10.9. The number of ether oxygens (including phenoxy) is 1. The third-order valence-electron chi connectivity index (χ3n) is 4.69. The summed E-state index contributed by atoms with van der Waals surface area (Å²) in [6.45, 7) is 9.65. The number of aryl methyl sites for hydroxylation is 1. The number of hydrogen-bond donors (Lipinski definition) is 2. The first-order chi connectivity index (χ1) is 12.6. The van der Waals surface area contributed by atoms with Crippen molar-refractivity contribution >= 4 is 5.71 Å². The Kier molecular flexibility index (Phi) is 5.89. The van der Waals surface area contributed by atoms with Crippen LogP contribution in [0.3, 0.4) is 0 Å². The van der Waals surface area contributed by atoms with Crippen molar-refractivity contribution in [1.29, 1.82) is 0 Å². The minimum absolute atomic E-state index is 0.170. The zero-order valence-corrected chi connectivity index (χ0v) is 15.7. The molecule has 1 aliphatic carbocycles. The minimum Gasteiger partial charge on any atom is -0.477 e. The Bertz CT molecular complexity index is 759. The summed E-state index contributed by atoms with van der Waals surface area (Å²) in [4.78, 5) is 8.90. The highest BCUT2D eigenvalue weighted by molar-refractivity contribution is 6.13. The first kappa shape index (κ1) is 18.4. The van der Waals surface area contributed by atoms with E-state index in [-0.39, 0.29) is 6.04 Å². The van der Waals surface area contributed by atoms with E-state index in [1.54, 1.807) is 6.20 Å². The second-order valence-corrected chi connectivity index (χ2v) is 7.00. The molecule has 2 aliphatic rings. The Hall–Kier alpha value is -2.40.